The second kappa shape index (κ2) is 5.26. The predicted octanol–water partition coefficient (Wildman–Crippen LogP) is 4.85. The third kappa shape index (κ3) is 2.56. The van der Waals surface area contributed by atoms with E-state index in [1.54, 1.807) is 0 Å². The summed E-state index contributed by atoms with van der Waals surface area (Å²) in [7, 11) is 0. The van der Waals surface area contributed by atoms with E-state index in [0.717, 1.165) is 0 Å². The van der Waals surface area contributed by atoms with Gasteiger partial charge in [-0.1, -0.05) is 30.3 Å². The highest BCUT2D eigenvalue weighted by Crippen LogP contribution is 2.30. The normalized spacial score (nSPS) is 10.7. The third-order valence-electron chi connectivity index (χ3n) is 3.17. The molecule has 0 saturated heterocycles. The molecule has 0 spiro atoms. The summed E-state index contributed by atoms with van der Waals surface area (Å²) in [5.41, 5.74) is 5.16. The van der Waals surface area contributed by atoms with Crippen LogP contribution in [0.2, 0.25) is 0 Å². The minimum atomic E-state index is 0.438. The van der Waals surface area contributed by atoms with E-state index in [1.165, 1.54) is 22.5 Å². The van der Waals surface area contributed by atoms with Crippen LogP contribution in [-0.4, -0.2) is 6.04 Å². The van der Waals surface area contributed by atoms with Gasteiger partial charge in [-0.15, -0.1) is 0 Å². The van der Waals surface area contributed by atoms with Crippen LogP contribution in [0.15, 0.2) is 48.5 Å². The molecule has 2 aromatic rings. The zero-order valence-corrected chi connectivity index (χ0v) is 11.6. The lowest BCUT2D eigenvalue weighted by Crippen LogP contribution is -2.26. The topological polar surface area (TPSA) is 3.24 Å². The Kier molecular flexibility index (Phi) is 3.71. The van der Waals surface area contributed by atoms with Gasteiger partial charge in [0.15, 0.2) is 0 Å². The molecule has 0 aliphatic rings. The van der Waals surface area contributed by atoms with Crippen molar-refractivity contribution in [3.05, 3.63) is 59.7 Å². The van der Waals surface area contributed by atoms with Crippen LogP contribution >= 0.6 is 0 Å². The van der Waals surface area contributed by atoms with Gasteiger partial charge in [-0.3, -0.25) is 0 Å². The summed E-state index contributed by atoms with van der Waals surface area (Å²) in [4.78, 5) is 2.39. The van der Waals surface area contributed by atoms with Crippen molar-refractivity contribution in [2.45, 2.75) is 33.7 Å². The Balaban J connectivity index is 2.50. The van der Waals surface area contributed by atoms with Crippen molar-refractivity contribution in [2.75, 3.05) is 4.90 Å². The van der Waals surface area contributed by atoms with Gasteiger partial charge in [-0.25, -0.2) is 0 Å². The summed E-state index contributed by atoms with van der Waals surface area (Å²) in [5, 5.41) is 0. The molecule has 0 aromatic heterocycles. The first kappa shape index (κ1) is 12.7. The van der Waals surface area contributed by atoms with E-state index in [-0.39, 0.29) is 0 Å². The van der Waals surface area contributed by atoms with E-state index in [9.17, 15) is 0 Å². The van der Waals surface area contributed by atoms with Crippen LogP contribution in [0.25, 0.3) is 0 Å². The fourth-order valence-corrected chi connectivity index (χ4v) is 2.33. The molecule has 18 heavy (non-hydrogen) atoms. The molecule has 0 aliphatic carbocycles. The molecule has 0 aliphatic heterocycles. The van der Waals surface area contributed by atoms with Crippen molar-refractivity contribution in [2.24, 2.45) is 0 Å². The molecule has 0 heterocycles. The lowest BCUT2D eigenvalue weighted by molar-refractivity contribution is 0.786. The van der Waals surface area contributed by atoms with Gasteiger partial charge in [-0.05, 0) is 57.0 Å². The van der Waals surface area contributed by atoms with Gasteiger partial charge in [0.1, 0.15) is 0 Å². The Bertz CT molecular complexity index is 529. The molecule has 0 saturated carbocycles. The molecule has 0 amide bonds. The molecule has 2 rings (SSSR count). The Morgan fingerprint density at radius 2 is 1.61 bits per heavy atom. The number of benzene rings is 2. The highest BCUT2D eigenvalue weighted by atomic mass is 15.2. The van der Waals surface area contributed by atoms with Gasteiger partial charge < -0.3 is 4.90 Å². The summed E-state index contributed by atoms with van der Waals surface area (Å²) in [6.07, 6.45) is 0. The highest BCUT2D eigenvalue weighted by Gasteiger charge is 2.14. The van der Waals surface area contributed by atoms with Crippen molar-refractivity contribution < 1.29 is 0 Å². The van der Waals surface area contributed by atoms with E-state index < -0.39 is 0 Å². The van der Waals surface area contributed by atoms with Crippen LogP contribution < -0.4 is 4.90 Å². The Labute approximate surface area is 110 Å². The first-order valence-electron chi connectivity index (χ1n) is 6.51. The maximum absolute atomic E-state index is 2.39. The van der Waals surface area contributed by atoms with Crippen molar-refractivity contribution in [1.82, 2.24) is 0 Å². The van der Waals surface area contributed by atoms with Crippen molar-refractivity contribution in [3.63, 3.8) is 0 Å². The van der Waals surface area contributed by atoms with E-state index in [4.69, 9.17) is 0 Å². The zero-order chi connectivity index (χ0) is 13.1. The summed E-state index contributed by atoms with van der Waals surface area (Å²) >= 11 is 0. The van der Waals surface area contributed by atoms with Crippen LogP contribution in [0.4, 0.5) is 11.4 Å². The molecule has 0 N–H and O–H groups in total. The molecule has 1 heteroatoms. The number of hydrogen-bond donors (Lipinski definition) is 0. The van der Waals surface area contributed by atoms with Gasteiger partial charge >= 0.3 is 0 Å². The number of aryl methyl sites for hydroxylation is 2. The average molecular weight is 239 g/mol. The number of rotatable bonds is 3. The summed E-state index contributed by atoms with van der Waals surface area (Å²) in [6, 6.07) is 17.7. The van der Waals surface area contributed by atoms with E-state index in [1.807, 2.05) is 0 Å². The lowest BCUT2D eigenvalue weighted by Gasteiger charge is -2.30. The Morgan fingerprint density at radius 3 is 2.22 bits per heavy atom. The lowest BCUT2D eigenvalue weighted by atomic mass is 10.1. The monoisotopic (exact) mass is 239 g/mol. The van der Waals surface area contributed by atoms with Crippen molar-refractivity contribution in [1.29, 1.82) is 0 Å². The van der Waals surface area contributed by atoms with Crippen LogP contribution in [0.1, 0.15) is 25.0 Å². The maximum Gasteiger partial charge on any atom is 0.0442 e. The number of hydrogen-bond acceptors (Lipinski definition) is 1. The Morgan fingerprint density at radius 1 is 0.889 bits per heavy atom. The van der Waals surface area contributed by atoms with Crippen molar-refractivity contribution >= 4 is 11.4 Å². The van der Waals surface area contributed by atoms with Crippen LogP contribution in [-0.2, 0) is 0 Å². The molecule has 1 nitrogen and oxygen atoms in total. The largest absolute Gasteiger partial charge is 0.339 e. The van der Waals surface area contributed by atoms with Crippen LogP contribution in [0.5, 0.6) is 0 Å². The fraction of sp³-hybridized carbons (Fsp3) is 0.294. The van der Waals surface area contributed by atoms with Gasteiger partial charge in [0.05, 0.1) is 0 Å². The molecule has 0 bridgehead atoms. The van der Waals surface area contributed by atoms with E-state index in [0.29, 0.717) is 6.04 Å². The van der Waals surface area contributed by atoms with Gasteiger partial charge in [-0.2, -0.15) is 0 Å². The molecule has 0 radical (unpaired) electrons. The standard InChI is InChI=1S/C17H21N/c1-13(2)18(16-10-7-8-14(3)12-16)17-11-6-5-9-15(17)4/h5-13H,1-4H3. The first-order chi connectivity index (χ1) is 8.59. The molecule has 0 atom stereocenters. The molecule has 94 valence electrons. The average Bonchev–Trinajstić information content (AvgIpc) is 2.32. The van der Waals surface area contributed by atoms with Crippen molar-refractivity contribution in [3.8, 4) is 0 Å². The quantitative estimate of drug-likeness (QED) is 0.740. The third-order valence-corrected chi connectivity index (χ3v) is 3.17. The second-order valence-electron chi connectivity index (χ2n) is 5.09. The van der Waals surface area contributed by atoms with Crippen LogP contribution in [0.3, 0.4) is 0 Å². The molecule has 0 fully saturated rings. The summed E-state index contributed by atoms with van der Waals surface area (Å²) in [5.74, 6) is 0. The molecular formula is C17H21N. The van der Waals surface area contributed by atoms with Crippen LogP contribution in [0, 0.1) is 13.8 Å². The van der Waals surface area contributed by atoms with E-state index >= 15 is 0 Å². The Hall–Kier alpha value is -1.76. The highest BCUT2D eigenvalue weighted by molar-refractivity contribution is 5.67. The first-order valence-corrected chi connectivity index (χ1v) is 6.51. The minimum absolute atomic E-state index is 0.438. The summed E-state index contributed by atoms with van der Waals surface area (Å²) < 4.78 is 0. The number of nitrogens with zero attached hydrogens (tertiary/aromatic N) is 1. The fourth-order valence-electron chi connectivity index (χ4n) is 2.33. The minimum Gasteiger partial charge on any atom is -0.339 e. The van der Waals surface area contributed by atoms with Gasteiger partial charge in [0, 0.05) is 17.4 Å². The molecule has 2 aromatic carbocycles. The maximum atomic E-state index is 2.39. The molecular weight excluding hydrogens is 218 g/mol. The number of para-hydroxylation sites is 1. The SMILES string of the molecule is Cc1cccc(N(c2ccccc2C)C(C)C)c1. The zero-order valence-electron chi connectivity index (χ0n) is 11.6. The van der Waals surface area contributed by atoms with Gasteiger partial charge in [0.2, 0.25) is 0 Å². The summed E-state index contributed by atoms with van der Waals surface area (Å²) in [6.45, 7) is 8.77. The van der Waals surface area contributed by atoms with E-state index in [2.05, 4.69) is 81.1 Å². The number of anilines is 2. The molecule has 0 unspecified atom stereocenters. The van der Waals surface area contributed by atoms with Gasteiger partial charge in [0.25, 0.3) is 0 Å². The smallest absolute Gasteiger partial charge is 0.0442 e. The second-order valence-corrected chi connectivity index (χ2v) is 5.09. The predicted molar refractivity (Wildman–Crippen MR) is 79.6 cm³/mol.